The molecule has 7 nitrogen and oxygen atoms in total. The molecular formula is C20H22N4O3. The Balaban J connectivity index is 1.76. The van der Waals surface area contributed by atoms with E-state index in [1.54, 1.807) is 12.1 Å². The highest BCUT2D eigenvalue weighted by Gasteiger charge is 2.15. The molecule has 0 saturated carbocycles. The van der Waals surface area contributed by atoms with Crippen molar-refractivity contribution in [3.05, 3.63) is 63.8 Å². The molecule has 1 heterocycles. The van der Waals surface area contributed by atoms with Crippen LogP contribution in [0.15, 0.2) is 42.5 Å². The quantitative estimate of drug-likeness (QED) is 0.370. The Morgan fingerprint density at radius 2 is 2.04 bits per heavy atom. The zero-order valence-corrected chi connectivity index (χ0v) is 15.4. The maximum atomic E-state index is 11.4. The highest BCUT2D eigenvalue weighted by atomic mass is 16.6. The standard InChI is InChI=1S/C20H22N4O3/c1-23(2)12-5-13-27-20-11-9-15(14-19(20)24(25)26)8-10-18-16-6-3-4-7-17(16)21-22-18/h3-4,6-11,14H,5,12-13H2,1-2H3,(H,21,22). The van der Waals surface area contributed by atoms with E-state index in [0.717, 1.165) is 35.1 Å². The summed E-state index contributed by atoms with van der Waals surface area (Å²) in [6, 6.07) is 12.8. The number of H-pyrrole nitrogens is 1. The van der Waals surface area contributed by atoms with Crippen LogP contribution in [0.4, 0.5) is 5.69 Å². The second-order valence-electron chi connectivity index (χ2n) is 6.48. The van der Waals surface area contributed by atoms with Crippen LogP contribution >= 0.6 is 0 Å². The van der Waals surface area contributed by atoms with Crippen LogP contribution in [0, 0.1) is 10.1 Å². The molecule has 140 valence electrons. The first-order valence-electron chi connectivity index (χ1n) is 8.72. The van der Waals surface area contributed by atoms with Gasteiger partial charge in [-0.3, -0.25) is 15.2 Å². The fraction of sp³-hybridized carbons (Fsp3) is 0.250. The second kappa shape index (κ2) is 8.46. The normalized spacial score (nSPS) is 11.5. The van der Waals surface area contributed by atoms with Crippen molar-refractivity contribution >= 4 is 28.7 Å². The Morgan fingerprint density at radius 1 is 1.22 bits per heavy atom. The maximum Gasteiger partial charge on any atom is 0.311 e. The van der Waals surface area contributed by atoms with Crippen LogP contribution in [0.5, 0.6) is 5.75 Å². The molecule has 0 aliphatic rings. The van der Waals surface area contributed by atoms with E-state index in [1.807, 2.05) is 55.4 Å². The number of nitrogens with zero attached hydrogens (tertiary/aromatic N) is 3. The van der Waals surface area contributed by atoms with E-state index >= 15 is 0 Å². The first-order valence-corrected chi connectivity index (χ1v) is 8.72. The van der Waals surface area contributed by atoms with E-state index in [4.69, 9.17) is 4.74 Å². The summed E-state index contributed by atoms with van der Waals surface area (Å²) in [4.78, 5) is 13.0. The largest absolute Gasteiger partial charge is 0.487 e. The van der Waals surface area contributed by atoms with Crippen LogP contribution in [0.1, 0.15) is 17.7 Å². The van der Waals surface area contributed by atoms with Crippen LogP contribution in [0.2, 0.25) is 0 Å². The molecule has 0 radical (unpaired) electrons. The van der Waals surface area contributed by atoms with Gasteiger partial charge >= 0.3 is 5.69 Å². The Bertz CT molecular complexity index is 963. The number of ether oxygens (including phenoxy) is 1. The number of aromatic nitrogens is 2. The van der Waals surface area contributed by atoms with Crippen LogP contribution in [-0.4, -0.2) is 47.3 Å². The Hall–Kier alpha value is -3.19. The van der Waals surface area contributed by atoms with Gasteiger partial charge in [0.1, 0.15) is 0 Å². The number of hydrogen-bond acceptors (Lipinski definition) is 5. The highest BCUT2D eigenvalue weighted by Crippen LogP contribution is 2.29. The summed E-state index contributed by atoms with van der Waals surface area (Å²) in [7, 11) is 3.96. The van der Waals surface area contributed by atoms with E-state index in [1.165, 1.54) is 6.07 Å². The van der Waals surface area contributed by atoms with Crippen molar-refractivity contribution < 1.29 is 9.66 Å². The SMILES string of the molecule is CN(C)CCCOc1ccc(C=Cc2n[nH]c3ccccc23)cc1[N+](=O)[O-]. The fourth-order valence-electron chi connectivity index (χ4n) is 2.75. The number of para-hydroxylation sites is 1. The molecule has 3 rings (SSSR count). The van der Waals surface area contributed by atoms with Gasteiger partial charge in [-0.25, -0.2) is 0 Å². The van der Waals surface area contributed by atoms with E-state index in [9.17, 15) is 10.1 Å². The molecule has 0 spiro atoms. The van der Waals surface area contributed by atoms with Crippen molar-refractivity contribution in [2.75, 3.05) is 27.2 Å². The summed E-state index contributed by atoms with van der Waals surface area (Å²) < 4.78 is 5.60. The summed E-state index contributed by atoms with van der Waals surface area (Å²) in [6.45, 7) is 1.31. The topological polar surface area (TPSA) is 84.3 Å². The van der Waals surface area contributed by atoms with Crippen molar-refractivity contribution in [2.45, 2.75) is 6.42 Å². The third kappa shape index (κ3) is 4.71. The van der Waals surface area contributed by atoms with Crippen LogP contribution in [0.25, 0.3) is 23.1 Å². The van der Waals surface area contributed by atoms with Crippen LogP contribution in [0.3, 0.4) is 0 Å². The molecule has 0 aliphatic carbocycles. The summed E-state index contributed by atoms with van der Waals surface area (Å²) in [5.41, 5.74) is 2.42. The minimum absolute atomic E-state index is 0.0334. The number of aromatic amines is 1. The monoisotopic (exact) mass is 366 g/mol. The van der Waals surface area contributed by atoms with Crippen molar-refractivity contribution in [1.29, 1.82) is 0 Å². The molecule has 1 aromatic heterocycles. The van der Waals surface area contributed by atoms with E-state index in [2.05, 4.69) is 10.2 Å². The Kier molecular flexibility index (Phi) is 5.83. The Morgan fingerprint density at radius 3 is 2.81 bits per heavy atom. The lowest BCUT2D eigenvalue weighted by Gasteiger charge is -2.10. The molecule has 7 heteroatoms. The zero-order valence-electron chi connectivity index (χ0n) is 15.4. The lowest BCUT2D eigenvalue weighted by molar-refractivity contribution is -0.385. The van der Waals surface area contributed by atoms with Gasteiger partial charge in [0.25, 0.3) is 0 Å². The molecule has 0 atom stereocenters. The molecule has 0 bridgehead atoms. The lowest BCUT2D eigenvalue weighted by Crippen LogP contribution is -2.15. The van der Waals surface area contributed by atoms with Gasteiger partial charge in [0.15, 0.2) is 5.75 Å². The molecular weight excluding hydrogens is 344 g/mol. The van der Waals surface area contributed by atoms with E-state index < -0.39 is 4.92 Å². The van der Waals surface area contributed by atoms with Crippen LogP contribution < -0.4 is 4.74 Å². The van der Waals surface area contributed by atoms with Gasteiger partial charge < -0.3 is 9.64 Å². The average molecular weight is 366 g/mol. The smallest absolute Gasteiger partial charge is 0.311 e. The molecule has 1 N–H and O–H groups in total. The number of fused-ring (bicyclic) bond motifs is 1. The lowest BCUT2D eigenvalue weighted by atomic mass is 10.1. The maximum absolute atomic E-state index is 11.4. The number of nitrogens with one attached hydrogen (secondary N) is 1. The molecule has 0 unspecified atom stereocenters. The van der Waals surface area contributed by atoms with Gasteiger partial charge in [0.05, 0.1) is 22.7 Å². The van der Waals surface area contributed by atoms with Crippen molar-refractivity contribution in [1.82, 2.24) is 15.1 Å². The van der Waals surface area contributed by atoms with Gasteiger partial charge in [-0.05, 0) is 44.3 Å². The molecule has 27 heavy (non-hydrogen) atoms. The molecule has 3 aromatic rings. The third-order valence-corrected chi connectivity index (χ3v) is 4.12. The van der Waals surface area contributed by atoms with Gasteiger partial charge in [-0.15, -0.1) is 0 Å². The Labute approximate surface area is 157 Å². The number of hydrogen-bond donors (Lipinski definition) is 1. The van der Waals surface area contributed by atoms with Crippen molar-refractivity contribution in [3.63, 3.8) is 0 Å². The predicted molar refractivity (Wildman–Crippen MR) is 107 cm³/mol. The minimum atomic E-state index is -0.414. The molecule has 2 aromatic carbocycles. The summed E-state index contributed by atoms with van der Waals surface area (Å²) >= 11 is 0. The highest BCUT2D eigenvalue weighted by molar-refractivity contribution is 5.89. The molecule has 0 fully saturated rings. The number of nitro benzene ring substituents is 1. The fourth-order valence-corrected chi connectivity index (χ4v) is 2.75. The summed E-state index contributed by atoms with van der Waals surface area (Å²) in [6.07, 6.45) is 4.46. The molecule has 0 amide bonds. The first-order chi connectivity index (χ1) is 13.0. The van der Waals surface area contributed by atoms with Crippen molar-refractivity contribution in [2.24, 2.45) is 0 Å². The average Bonchev–Trinajstić information content (AvgIpc) is 3.07. The van der Waals surface area contributed by atoms with Gasteiger partial charge in [-0.2, -0.15) is 5.10 Å². The summed E-state index contributed by atoms with van der Waals surface area (Å²) in [5, 5.41) is 19.6. The summed E-state index contributed by atoms with van der Waals surface area (Å²) in [5.74, 6) is 0.293. The third-order valence-electron chi connectivity index (χ3n) is 4.12. The van der Waals surface area contributed by atoms with E-state index in [0.29, 0.717) is 12.4 Å². The first kappa shape index (κ1) is 18.6. The minimum Gasteiger partial charge on any atom is -0.487 e. The molecule has 0 saturated heterocycles. The van der Waals surface area contributed by atoms with Gasteiger partial charge in [0, 0.05) is 18.0 Å². The number of rotatable bonds is 8. The number of benzene rings is 2. The molecule has 0 aliphatic heterocycles. The van der Waals surface area contributed by atoms with Gasteiger partial charge in [-0.1, -0.05) is 30.3 Å². The zero-order chi connectivity index (χ0) is 19.2. The van der Waals surface area contributed by atoms with Crippen molar-refractivity contribution in [3.8, 4) is 5.75 Å². The predicted octanol–water partition coefficient (Wildman–Crippen LogP) is 3.97. The van der Waals surface area contributed by atoms with Crippen LogP contribution in [-0.2, 0) is 0 Å². The second-order valence-corrected chi connectivity index (χ2v) is 6.48. The number of nitro groups is 1. The van der Waals surface area contributed by atoms with E-state index in [-0.39, 0.29) is 5.69 Å². The van der Waals surface area contributed by atoms with Gasteiger partial charge in [0.2, 0.25) is 0 Å².